The molecule has 0 unspecified atom stereocenters. The molecule has 2 heterocycles. The van der Waals surface area contributed by atoms with Crippen LogP contribution in [-0.4, -0.2) is 19.9 Å². The first-order valence-corrected chi connectivity index (χ1v) is 18.0. The normalized spacial score (nSPS) is 12.9. The van der Waals surface area contributed by atoms with Crippen molar-refractivity contribution in [2.24, 2.45) is 0 Å². The zero-order valence-corrected chi connectivity index (χ0v) is 29.5. The second-order valence-electron chi connectivity index (χ2n) is 14.4. The minimum absolute atomic E-state index is 0.113. The van der Waals surface area contributed by atoms with Crippen LogP contribution in [0.25, 0.3) is 89.1 Å². The molecule has 0 bridgehead atoms. The maximum absolute atomic E-state index is 5.08. The Morgan fingerprint density at radius 2 is 0.849 bits per heavy atom. The molecule has 0 atom stereocenters. The number of nitrogens with zero attached hydrogens (tertiary/aromatic N) is 4. The fraction of sp³-hybridized carbons (Fsp3) is 0.0612. The number of hydrogen-bond donors (Lipinski definition) is 0. The smallest absolute Gasteiger partial charge is 0.164 e. The average molecular weight is 679 g/mol. The van der Waals surface area contributed by atoms with Gasteiger partial charge in [-0.2, -0.15) is 0 Å². The van der Waals surface area contributed by atoms with Gasteiger partial charge in [0.1, 0.15) is 0 Å². The summed E-state index contributed by atoms with van der Waals surface area (Å²) in [6.45, 7) is 4.71. The van der Waals surface area contributed by atoms with Crippen molar-refractivity contribution < 1.29 is 0 Å². The molecule has 0 amide bonds. The predicted octanol–water partition coefficient (Wildman–Crippen LogP) is 12.2. The highest BCUT2D eigenvalue weighted by Gasteiger charge is 2.36. The molecule has 0 saturated heterocycles. The maximum atomic E-state index is 5.08. The summed E-state index contributed by atoms with van der Waals surface area (Å²) in [7, 11) is 0. The third-order valence-electron chi connectivity index (χ3n) is 10.7. The summed E-state index contributed by atoms with van der Waals surface area (Å²) in [4.78, 5) is 19.5. The fourth-order valence-corrected chi connectivity index (χ4v) is 7.90. The van der Waals surface area contributed by atoms with Gasteiger partial charge in [-0.1, -0.05) is 117 Å². The van der Waals surface area contributed by atoms with Crippen LogP contribution in [0.1, 0.15) is 25.0 Å². The Balaban J connectivity index is 1.14. The lowest BCUT2D eigenvalue weighted by atomic mass is 9.81. The maximum Gasteiger partial charge on any atom is 0.164 e. The Morgan fingerprint density at radius 1 is 0.358 bits per heavy atom. The molecule has 4 heteroatoms. The topological polar surface area (TPSA) is 51.6 Å². The first kappa shape index (κ1) is 31.0. The van der Waals surface area contributed by atoms with Crippen molar-refractivity contribution in [1.82, 2.24) is 19.9 Å². The van der Waals surface area contributed by atoms with Crippen molar-refractivity contribution in [2.45, 2.75) is 19.3 Å². The van der Waals surface area contributed by atoms with Gasteiger partial charge in [0.15, 0.2) is 17.5 Å². The second kappa shape index (κ2) is 12.2. The average Bonchev–Trinajstić information content (AvgIpc) is 3.43. The predicted molar refractivity (Wildman–Crippen MR) is 217 cm³/mol. The molecule has 2 aromatic heterocycles. The van der Waals surface area contributed by atoms with Gasteiger partial charge >= 0.3 is 0 Å². The standard InChI is InChI=1S/C49H34N4/c1-49(2)44-28-34-17-10-9-16-33(34)26-42(44)43-27-36-20-19-35(22-40(36)29-45(43)49)38-23-39(37-18-11-21-50-30-37)25-41(24-38)48-52-46(31-12-5-3-6-13-31)51-47(53-48)32-14-7-4-8-15-32/h3-30H,1-2H3. The van der Waals surface area contributed by atoms with Gasteiger partial charge in [-0.3, -0.25) is 4.98 Å². The summed E-state index contributed by atoms with van der Waals surface area (Å²) >= 11 is 0. The first-order valence-electron chi connectivity index (χ1n) is 18.0. The Bertz CT molecular complexity index is 2790. The fourth-order valence-electron chi connectivity index (χ4n) is 7.90. The molecule has 4 nitrogen and oxygen atoms in total. The van der Waals surface area contributed by atoms with Gasteiger partial charge in [-0.05, 0) is 115 Å². The third kappa shape index (κ3) is 5.39. The first-order chi connectivity index (χ1) is 26.0. The SMILES string of the molecule is CC1(C)c2cc3ccccc3cc2-c2cc3ccc(-c4cc(-c5cccnc5)cc(-c5nc(-c6ccccc6)nc(-c6ccccc6)n5)c4)cc3cc21. The van der Waals surface area contributed by atoms with Crippen molar-refractivity contribution in [1.29, 1.82) is 0 Å². The van der Waals surface area contributed by atoms with Crippen molar-refractivity contribution in [3.63, 3.8) is 0 Å². The van der Waals surface area contributed by atoms with Gasteiger partial charge < -0.3 is 0 Å². The minimum Gasteiger partial charge on any atom is -0.264 e. The van der Waals surface area contributed by atoms with E-state index in [4.69, 9.17) is 15.0 Å². The van der Waals surface area contributed by atoms with Crippen LogP contribution >= 0.6 is 0 Å². The van der Waals surface area contributed by atoms with E-state index >= 15 is 0 Å². The molecule has 1 aliphatic rings. The number of aromatic nitrogens is 4. The summed E-state index contributed by atoms with van der Waals surface area (Å²) in [6, 6.07) is 56.0. The van der Waals surface area contributed by atoms with E-state index in [0.717, 1.165) is 38.9 Å². The van der Waals surface area contributed by atoms with E-state index in [1.165, 1.54) is 43.8 Å². The zero-order valence-electron chi connectivity index (χ0n) is 29.5. The molecule has 0 spiro atoms. The molecule has 0 radical (unpaired) electrons. The van der Waals surface area contributed by atoms with Crippen molar-refractivity contribution in [2.75, 3.05) is 0 Å². The Labute approximate surface area is 308 Å². The van der Waals surface area contributed by atoms with Gasteiger partial charge in [0.05, 0.1) is 0 Å². The number of pyridine rings is 1. The van der Waals surface area contributed by atoms with Crippen LogP contribution in [0.5, 0.6) is 0 Å². The molecule has 0 aliphatic heterocycles. The lowest BCUT2D eigenvalue weighted by Crippen LogP contribution is -2.14. The van der Waals surface area contributed by atoms with E-state index in [0.29, 0.717) is 17.5 Å². The number of fused-ring (bicyclic) bond motifs is 5. The molecule has 10 rings (SSSR count). The van der Waals surface area contributed by atoms with Crippen LogP contribution in [0.2, 0.25) is 0 Å². The quantitative estimate of drug-likeness (QED) is 0.182. The van der Waals surface area contributed by atoms with Crippen LogP contribution in [-0.2, 0) is 5.41 Å². The highest BCUT2D eigenvalue weighted by atomic mass is 15.0. The van der Waals surface area contributed by atoms with E-state index in [1.807, 2.05) is 79.1 Å². The lowest BCUT2D eigenvalue weighted by molar-refractivity contribution is 0.662. The second-order valence-corrected chi connectivity index (χ2v) is 14.4. The summed E-state index contributed by atoms with van der Waals surface area (Å²) in [5, 5.41) is 5.01. The van der Waals surface area contributed by atoms with E-state index < -0.39 is 0 Å². The van der Waals surface area contributed by atoms with E-state index in [-0.39, 0.29) is 5.41 Å². The molecule has 0 N–H and O–H groups in total. The van der Waals surface area contributed by atoms with Gasteiger partial charge in [0, 0.05) is 40.1 Å². The molecule has 1 aliphatic carbocycles. The molecular weight excluding hydrogens is 645 g/mol. The largest absolute Gasteiger partial charge is 0.264 e. The highest BCUT2D eigenvalue weighted by Crippen LogP contribution is 2.51. The molecule has 0 saturated carbocycles. The molecule has 7 aromatic carbocycles. The van der Waals surface area contributed by atoms with Gasteiger partial charge in [0.25, 0.3) is 0 Å². The molecule has 250 valence electrons. The lowest BCUT2D eigenvalue weighted by Gasteiger charge is -2.22. The molecule has 53 heavy (non-hydrogen) atoms. The Kier molecular flexibility index (Phi) is 7.12. The Hall–Kier alpha value is -6.78. The number of rotatable bonds is 5. The van der Waals surface area contributed by atoms with Gasteiger partial charge in [0.2, 0.25) is 0 Å². The number of benzene rings is 7. The molecular formula is C49H34N4. The van der Waals surface area contributed by atoms with Crippen molar-refractivity contribution in [3.8, 4) is 67.5 Å². The van der Waals surface area contributed by atoms with Crippen LogP contribution in [0, 0.1) is 0 Å². The summed E-state index contributed by atoms with van der Waals surface area (Å²) in [6.07, 6.45) is 3.72. The van der Waals surface area contributed by atoms with Crippen LogP contribution in [0.15, 0.2) is 170 Å². The minimum atomic E-state index is -0.113. The van der Waals surface area contributed by atoms with Crippen LogP contribution in [0.4, 0.5) is 0 Å². The van der Waals surface area contributed by atoms with Crippen LogP contribution < -0.4 is 0 Å². The van der Waals surface area contributed by atoms with Gasteiger partial charge in [-0.15, -0.1) is 0 Å². The summed E-state index contributed by atoms with van der Waals surface area (Å²) < 4.78 is 0. The summed E-state index contributed by atoms with van der Waals surface area (Å²) in [5.74, 6) is 1.90. The van der Waals surface area contributed by atoms with E-state index in [1.54, 1.807) is 0 Å². The molecule has 0 fully saturated rings. The monoisotopic (exact) mass is 678 g/mol. The molecule has 9 aromatic rings. The highest BCUT2D eigenvalue weighted by molar-refractivity contribution is 5.99. The van der Waals surface area contributed by atoms with Crippen molar-refractivity contribution in [3.05, 3.63) is 181 Å². The van der Waals surface area contributed by atoms with Crippen molar-refractivity contribution >= 4 is 21.5 Å². The zero-order chi connectivity index (χ0) is 35.5. The Morgan fingerprint density at radius 3 is 1.45 bits per heavy atom. The van der Waals surface area contributed by atoms with Crippen LogP contribution in [0.3, 0.4) is 0 Å². The van der Waals surface area contributed by atoms with E-state index in [9.17, 15) is 0 Å². The van der Waals surface area contributed by atoms with E-state index in [2.05, 4.69) is 110 Å². The summed E-state index contributed by atoms with van der Waals surface area (Å²) in [5.41, 5.74) is 12.4. The third-order valence-corrected chi connectivity index (χ3v) is 10.7. The van der Waals surface area contributed by atoms with Gasteiger partial charge in [-0.25, -0.2) is 15.0 Å². The number of hydrogen-bond acceptors (Lipinski definition) is 4.